The summed E-state index contributed by atoms with van der Waals surface area (Å²) in [6, 6.07) is 20.4. The number of rotatable bonds is 5. The van der Waals surface area contributed by atoms with Crippen molar-refractivity contribution in [1.29, 1.82) is 0 Å². The first-order valence-electron chi connectivity index (χ1n) is 10.8. The molecule has 0 radical (unpaired) electrons. The number of pyridine rings is 1. The number of para-hydroxylation sites is 1. The van der Waals surface area contributed by atoms with Gasteiger partial charge in [0, 0.05) is 17.5 Å². The average Bonchev–Trinajstić information content (AvgIpc) is 3.24. The van der Waals surface area contributed by atoms with Crippen LogP contribution < -0.4 is 0 Å². The molecule has 1 N–H and O–H groups in total. The van der Waals surface area contributed by atoms with Crippen LogP contribution in [-0.2, 0) is 17.8 Å². The van der Waals surface area contributed by atoms with E-state index in [4.69, 9.17) is 9.72 Å². The molecule has 168 valence electrons. The van der Waals surface area contributed by atoms with E-state index >= 15 is 0 Å². The van der Waals surface area contributed by atoms with Gasteiger partial charge in [0.05, 0.1) is 21.7 Å². The molecule has 0 unspecified atom stereocenters. The minimum absolute atomic E-state index is 0.0483. The lowest BCUT2D eigenvalue weighted by atomic mass is 10.0. The third-order valence-electron chi connectivity index (χ3n) is 5.87. The van der Waals surface area contributed by atoms with E-state index in [0.29, 0.717) is 23.1 Å². The van der Waals surface area contributed by atoms with Gasteiger partial charge in [-0.2, -0.15) is 0 Å². The number of nitro benzene ring substituents is 1. The second-order valence-electron chi connectivity index (χ2n) is 8.10. The molecule has 3 aromatic carbocycles. The van der Waals surface area contributed by atoms with Crippen LogP contribution in [0, 0.1) is 10.1 Å². The average molecular weight is 452 g/mol. The molecule has 0 spiro atoms. The first-order valence-corrected chi connectivity index (χ1v) is 10.8. The third kappa shape index (κ3) is 4.11. The van der Waals surface area contributed by atoms with Crippen molar-refractivity contribution in [1.82, 2.24) is 4.98 Å². The van der Waals surface area contributed by atoms with E-state index in [9.17, 15) is 20.0 Å². The summed E-state index contributed by atoms with van der Waals surface area (Å²) >= 11 is 0. The quantitative estimate of drug-likeness (QED) is 0.237. The second kappa shape index (κ2) is 8.78. The number of carbonyl (C=O) groups excluding carboxylic acids is 1. The van der Waals surface area contributed by atoms with E-state index in [0.717, 1.165) is 34.2 Å². The molecule has 1 aromatic heterocycles. The number of ether oxygens (including phenoxy) is 1. The molecule has 34 heavy (non-hydrogen) atoms. The molecule has 4 aromatic rings. The molecular formula is C27H20N2O5. The Morgan fingerprint density at radius 3 is 2.65 bits per heavy atom. The predicted octanol–water partition coefficient (Wildman–Crippen LogP) is 5.69. The molecule has 0 saturated heterocycles. The summed E-state index contributed by atoms with van der Waals surface area (Å²) in [4.78, 5) is 28.7. The zero-order chi connectivity index (χ0) is 23.7. The molecule has 0 aliphatic heterocycles. The minimum atomic E-state index is -0.479. The van der Waals surface area contributed by atoms with Crippen molar-refractivity contribution in [3.8, 4) is 5.75 Å². The van der Waals surface area contributed by atoms with Crippen molar-refractivity contribution >= 4 is 34.2 Å². The summed E-state index contributed by atoms with van der Waals surface area (Å²) in [5.41, 5.74) is 5.24. The molecule has 1 aliphatic rings. The van der Waals surface area contributed by atoms with Crippen LogP contribution >= 0.6 is 0 Å². The maximum Gasteiger partial charge on any atom is 0.339 e. The van der Waals surface area contributed by atoms with E-state index in [-0.39, 0.29) is 18.0 Å². The number of phenols is 1. The van der Waals surface area contributed by atoms with Crippen LogP contribution in [0.4, 0.5) is 5.69 Å². The SMILES string of the molecule is O=C(OCc1cccc([N+](=O)[O-])c1)c1c2c(nc3ccccc13)C(=Cc1ccc(O)cc1)CC2. The fourth-order valence-corrected chi connectivity index (χ4v) is 4.26. The van der Waals surface area contributed by atoms with Crippen LogP contribution in [0.5, 0.6) is 5.75 Å². The zero-order valence-corrected chi connectivity index (χ0v) is 18.1. The fraction of sp³-hybridized carbons (Fsp3) is 0.111. The van der Waals surface area contributed by atoms with Gasteiger partial charge in [0.1, 0.15) is 12.4 Å². The fourth-order valence-electron chi connectivity index (χ4n) is 4.26. The van der Waals surface area contributed by atoms with Gasteiger partial charge >= 0.3 is 5.97 Å². The van der Waals surface area contributed by atoms with Crippen molar-refractivity contribution in [2.75, 3.05) is 0 Å². The number of non-ortho nitro benzene ring substituents is 1. The van der Waals surface area contributed by atoms with Crippen LogP contribution in [0.2, 0.25) is 0 Å². The highest BCUT2D eigenvalue weighted by molar-refractivity contribution is 6.07. The van der Waals surface area contributed by atoms with Crippen molar-refractivity contribution < 1.29 is 19.6 Å². The predicted molar refractivity (Wildman–Crippen MR) is 128 cm³/mol. The standard InChI is InChI=1S/C27H20N2O5/c30-21-11-8-17(9-12-21)14-19-10-13-23-25(22-6-1-2-7-24(22)28-26(19)23)27(31)34-16-18-4-3-5-20(15-18)29(32)33/h1-9,11-12,14-15,30H,10,13,16H2. The number of phenolic OH excluding ortho intramolecular Hbond substituents is 1. The molecule has 0 fully saturated rings. The maximum atomic E-state index is 13.3. The molecule has 0 saturated carbocycles. The normalized spacial score (nSPS) is 13.7. The molecular weight excluding hydrogens is 432 g/mol. The highest BCUT2D eigenvalue weighted by atomic mass is 16.6. The van der Waals surface area contributed by atoms with Gasteiger partial charge in [-0.3, -0.25) is 10.1 Å². The summed E-state index contributed by atoms with van der Waals surface area (Å²) in [6.45, 7) is -0.0673. The largest absolute Gasteiger partial charge is 0.508 e. The summed E-state index contributed by atoms with van der Waals surface area (Å²) in [5.74, 6) is -0.279. The first kappa shape index (κ1) is 21.3. The highest BCUT2D eigenvalue weighted by Crippen LogP contribution is 2.38. The van der Waals surface area contributed by atoms with E-state index < -0.39 is 10.9 Å². The topological polar surface area (TPSA) is 103 Å². The van der Waals surface area contributed by atoms with Gasteiger partial charge in [0.25, 0.3) is 5.69 Å². The molecule has 0 amide bonds. The Morgan fingerprint density at radius 1 is 1.06 bits per heavy atom. The van der Waals surface area contributed by atoms with Crippen LogP contribution in [0.1, 0.15) is 39.2 Å². The lowest BCUT2D eigenvalue weighted by molar-refractivity contribution is -0.384. The smallest absolute Gasteiger partial charge is 0.339 e. The lowest BCUT2D eigenvalue weighted by Crippen LogP contribution is -2.10. The van der Waals surface area contributed by atoms with E-state index in [1.165, 1.54) is 12.1 Å². The summed E-state index contributed by atoms with van der Waals surface area (Å²) < 4.78 is 5.61. The molecule has 5 rings (SSSR count). The number of hydrogen-bond donors (Lipinski definition) is 1. The molecule has 7 nitrogen and oxygen atoms in total. The number of allylic oxidation sites excluding steroid dienone is 1. The molecule has 0 atom stereocenters. The van der Waals surface area contributed by atoms with E-state index in [2.05, 4.69) is 0 Å². The monoisotopic (exact) mass is 452 g/mol. The van der Waals surface area contributed by atoms with Crippen LogP contribution in [0.15, 0.2) is 72.8 Å². The number of aromatic hydroxyl groups is 1. The molecule has 1 aliphatic carbocycles. The van der Waals surface area contributed by atoms with Gasteiger partial charge in [-0.15, -0.1) is 0 Å². The third-order valence-corrected chi connectivity index (χ3v) is 5.87. The number of fused-ring (bicyclic) bond motifs is 2. The lowest BCUT2D eigenvalue weighted by Gasteiger charge is -2.12. The van der Waals surface area contributed by atoms with Crippen LogP contribution in [-0.4, -0.2) is 21.0 Å². The van der Waals surface area contributed by atoms with Gasteiger partial charge in [-0.25, -0.2) is 9.78 Å². The number of nitro groups is 1. The number of esters is 1. The number of carbonyl (C=O) groups is 1. The van der Waals surface area contributed by atoms with Gasteiger partial charge in [-0.1, -0.05) is 42.5 Å². The van der Waals surface area contributed by atoms with Gasteiger partial charge in [0.15, 0.2) is 0 Å². The van der Waals surface area contributed by atoms with Crippen molar-refractivity contribution in [3.05, 3.63) is 111 Å². The Hall–Kier alpha value is -4.52. The number of aromatic nitrogens is 1. The molecule has 0 bridgehead atoms. The Kier molecular flexibility index (Phi) is 5.51. The maximum absolute atomic E-state index is 13.3. The molecule has 7 heteroatoms. The van der Waals surface area contributed by atoms with Crippen molar-refractivity contribution in [3.63, 3.8) is 0 Å². The summed E-state index contributed by atoms with van der Waals surface area (Å²) in [5, 5.41) is 21.3. The van der Waals surface area contributed by atoms with Crippen LogP contribution in [0.3, 0.4) is 0 Å². The number of hydrogen-bond acceptors (Lipinski definition) is 6. The van der Waals surface area contributed by atoms with E-state index in [1.54, 1.807) is 24.3 Å². The van der Waals surface area contributed by atoms with Gasteiger partial charge in [-0.05, 0) is 59.4 Å². The van der Waals surface area contributed by atoms with Gasteiger partial charge in [0.2, 0.25) is 0 Å². The Labute approximate surface area is 195 Å². The highest BCUT2D eigenvalue weighted by Gasteiger charge is 2.27. The van der Waals surface area contributed by atoms with E-state index in [1.807, 2.05) is 42.5 Å². The van der Waals surface area contributed by atoms with Crippen molar-refractivity contribution in [2.45, 2.75) is 19.4 Å². The van der Waals surface area contributed by atoms with Crippen molar-refractivity contribution in [2.24, 2.45) is 0 Å². The Balaban J connectivity index is 1.51. The first-order chi connectivity index (χ1) is 16.5. The Morgan fingerprint density at radius 2 is 1.85 bits per heavy atom. The van der Waals surface area contributed by atoms with Crippen LogP contribution in [0.25, 0.3) is 22.6 Å². The van der Waals surface area contributed by atoms with Gasteiger partial charge < -0.3 is 9.84 Å². The number of nitrogens with zero attached hydrogens (tertiary/aromatic N) is 2. The summed E-state index contributed by atoms with van der Waals surface area (Å²) in [6.07, 6.45) is 3.40. The second-order valence-corrected chi connectivity index (χ2v) is 8.10. The molecule has 1 heterocycles. The number of benzene rings is 3. The minimum Gasteiger partial charge on any atom is -0.508 e. The summed E-state index contributed by atoms with van der Waals surface area (Å²) in [7, 11) is 0. The Bertz CT molecular complexity index is 1460. The zero-order valence-electron chi connectivity index (χ0n) is 18.1.